The Morgan fingerprint density at radius 2 is 1.19 bits per heavy atom. The zero-order chi connectivity index (χ0) is 18.9. The van der Waals surface area contributed by atoms with Crippen LogP contribution in [-0.2, 0) is 29.9 Å². The topological polar surface area (TPSA) is 52.6 Å². The molecule has 0 fully saturated rings. The van der Waals surface area contributed by atoms with Crippen LogP contribution in [0.25, 0.3) is 0 Å². The van der Waals surface area contributed by atoms with Gasteiger partial charge in [-0.3, -0.25) is 9.59 Å². The molecule has 140 valence electrons. The van der Waals surface area contributed by atoms with Crippen molar-refractivity contribution in [3.8, 4) is 0 Å². The Bertz CT molecular complexity index is 712. The third kappa shape index (κ3) is 2.31. The molecule has 2 atom stereocenters. The first-order valence-corrected chi connectivity index (χ1v) is 10.8. The van der Waals surface area contributed by atoms with Gasteiger partial charge in [-0.25, -0.2) is 0 Å². The van der Waals surface area contributed by atoms with E-state index < -0.39 is 10.8 Å². The fourth-order valence-corrected chi connectivity index (χ4v) is 6.60. The van der Waals surface area contributed by atoms with Crippen molar-refractivity contribution in [2.45, 2.75) is 51.4 Å². The molecule has 26 heavy (non-hydrogen) atoms. The van der Waals surface area contributed by atoms with E-state index in [1.807, 2.05) is 50.6 Å². The minimum Gasteiger partial charge on any atom is -0.465 e. The molecule has 0 radical (unpaired) electrons. The zero-order valence-electron chi connectivity index (χ0n) is 15.6. The molecule has 0 aromatic carbocycles. The summed E-state index contributed by atoms with van der Waals surface area (Å²) in [7, 11) is 0. The van der Waals surface area contributed by atoms with Crippen molar-refractivity contribution in [2.24, 2.45) is 0 Å². The van der Waals surface area contributed by atoms with E-state index in [0.29, 0.717) is 26.1 Å². The summed E-state index contributed by atoms with van der Waals surface area (Å²) in [4.78, 5) is 28.1. The van der Waals surface area contributed by atoms with Crippen molar-refractivity contribution >= 4 is 34.6 Å². The number of rotatable bonds is 6. The summed E-state index contributed by atoms with van der Waals surface area (Å²) in [6.07, 6.45) is 1.18. The van der Waals surface area contributed by atoms with Crippen molar-refractivity contribution in [1.29, 1.82) is 0 Å². The van der Waals surface area contributed by atoms with Crippen LogP contribution in [0.2, 0.25) is 0 Å². The predicted octanol–water partition coefficient (Wildman–Crippen LogP) is 4.64. The van der Waals surface area contributed by atoms with Crippen LogP contribution in [0, 0.1) is 0 Å². The van der Waals surface area contributed by atoms with Crippen molar-refractivity contribution < 1.29 is 19.1 Å². The predicted molar refractivity (Wildman–Crippen MR) is 104 cm³/mol. The van der Waals surface area contributed by atoms with E-state index in [-0.39, 0.29) is 11.9 Å². The smallest absolute Gasteiger partial charge is 0.321 e. The van der Waals surface area contributed by atoms with Gasteiger partial charge in [0.05, 0.1) is 13.2 Å². The molecule has 4 nitrogen and oxygen atoms in total. The SMILES string of the molecule is CCOC(=O)C1(CC)c2ccsc2C(CC)(C(=O)OCC)c2ccsc21. The van der Waals surface area contributed by atoms with Crippen LogP contribution in [0.4, 0.5) is 0 Å². The van der Waals surface area contributed by atoms with E-state index in [1.165, 1.54) is 22.7 Å². The molecule has 0 saturated carbocycles. The maximum Gasteiger partial charge on any atom is 0.321 e. The average molecular weight is 393 g/mol. The van der Waals surface area contributed by atoms with Crippen LogP contribution < -0.4 is 0 Å². The summed E-state index contributed by atoms with van der Waals surface area (Å²) in [5.74, 6) is -0.473. The van der Waals surface area contributed by atoms with Crippen LogP contribution in [0.15, 0.2) is 22.9 Å². The number of ether oxygens (including phenoxy) is 2. The van der Waals surface area contributed by atoms with Gasteiger partial charge in [-0.05, 0) is 60.7 Å². The lowest BCUT2D eigenvalue weighted by Gasteiger charge is -2.42. The van der Waals surface area contributed by atoms with Crippen molar-refractivity contribution in [3.05, 3.63) is 43.8 Å². The number of carbonyl (C=O) groups excluding carboxylic acids is 2. The molecule has 2 aromatic rings. The van der Waals surface area contributed by atoms with Gasteiger partial charge in [0.25, 0.3) is 0 Å². The quantitative estimate of drug-likeness (QED) is 0.672. The maximum absolute atomic E-state index is 13.1. The molecular weight excluding hydrogens is 368 g/mol. The second kappa shape index (κ2) is 7.16. The van der Waals surface area contributed by atoms with E-state index in [0.717, 1.165) is 20.9 Å². The van der Waals surface area contributed by atoms with Gasteiger partial charge in [0.1, 0.15) is 10.8 Å². The van der Waals surface area contributed by atoms with Gasteiger partial charge >= 0.3 is 11.9 Å². The summed E-state index contributed by atoms with van der Waals surface area (Å²) in [5.41, 5.74) is 0.0987. The number of hydrogen-bond acceptors (Lipinski definition) is 6. The highest BCUT2D eigenvalue weighted by molar-refractivity contribution is 7.11. The van der Waals surface area contributed by atoms with E-state index in [9.17, 15) is 9.59 Å². The third-order valence-corrected chi connectivity index (χ3v) is 7.49. The fraction of sp³-hybridized carbons (Fsp3) is 0.500. The number of carbonyl (C=O) groups is 2. The molecule has 0 N–H and O–H groups in total. The number of hydrogen-bond donors (Lipinski definition) is 0. The summed E-state index contributed by atoms with van der Waals surface area (Å²) in [6, 6.07) is 3.96. The Balaban J connectivity index is 2.34. The van der Waals surface area contributed by atoms with Crippen molar-refractivity contribution in [2.75, 3.05) is 13.2 Å². The first-order chi connectivity index (χ1) is 12.5. The first kappa shape index (κ1) is 19.1. The summed E-state index contributed by atoms with van der Waals surface area (Å²) in [5, 5.41) is 3.93. The lowest BCUT2D eigenvalue weighted by molar-refractivity contribution is -0.151. The molecule has 0 bridgehead atoms. The number of fused-ring (bicyclic) bond motifs is 2. The summed E-state index contributed by atoms with van der Waals surface area (Å²) >= 11 is 3.05. The highest BCUT2D eigenvalue weighted by Gasteiger charge is 2.58. The van der Waals surface area contributed by atoms with E-state index in [2.05, 4.69) is 0 Å². The molecule has 3 rings (SSSR count). The second-order valence-electron chi connectivity index (χ2n) is 6.29. The van der Waals surface area contributed by atoms with Gasteiger partial charge < -0.3 is 9.47 Å². The Labute approximate surface area is 162 Å². The molecule has 1 aliphatic rings. The molecule has 2 unspecified atom stereocenters. The minimum atomic E-state index is -0.847. The molecule has 6 heteroatoms. The summed E-state index contributed by atoms with van der Waals surface area (Å²) in [6.45, 7) is 8.32. The van der Waals surface area contributed by atoms with Crippen LogP contribution in [-0.4, -0.2) is 25.2 Å². The molecule has 0 amide bonds. The fourth-order valence-electron chi connectivity index (χ4n) is 4.10. The Kier molecular flexibility index (Phi) is 5.26. The van der Waals surface area contributed by atoms with Crippen LogP contribution in [0.1, 0.15) is 61.4 Å². The van der Waals surface area contributed by atoms with Crippen molar-refractivity contribution in [3.63, 3.8) is 0 Å². The Morgan fingerprint density at radius 1 is 0.808 bits per heavy atom. The van der Waals surface area contributed by atoms with E-state index in [1.54, 1.807) is 0 Å². The van der Waals surface area contributed by atoms with Gasteiger partial charge in [-0.1, -0.05) is 13.8 Å². The molecule has 1 aliphatic carbocycles. The Hall–Kier alpha value is -1.66. The van der Waals surface area contributed by atoms with Crippen LogP contribution >= 0.6 is 22.7 Å². The molecular formula is C20H24O4S2. The lowest BCUT2D eigenvalue weighted by Crippen LogP contribution is -2.49. The van der Waals surface area contributed by atoms with Gasteiger partial charge in [-0.2, -0.15) is 0 Å². The van der Waals surface area contributed by atoms with Gasteiger partial charge in [-0.15, -0.1) is 22.7 Å². The van der Waals surface area contributed by atoms with Crippen LogP contribution in [0.3, 0.4) is 0 Å². The average Bonchev–Trinajstić information content (AvgIpc) is 3.30. The highest BCUT2D eigenvalue weighted by Crippen LogP contribution is 2.57. The second-order valence-corrected chi connectivity index (χ2v) is 8.12. The normalized spacial score (nSPS) is 23.8. The third-order valence-electron chi connectivity index (χ3n) is 5.33. The number of esters is 2. The highest BCUT2D eigenvalue weighted by atomic mass is 32.1. The standard InChI is InChI=1S/C20H24O4S2/c1-5-19(17(21)23-7-3)13-9-11-26-16(13)20(6-2,18(22)24-8-4)14-10-12-25-15(14)19/h9-12H,5-8H2,1-4H3. The largest absolute Gasteiger partial charge is 0.465 e. The number of thiophene rings is 2. The monoisotopic (exact) mass is 392 g/mol. The lowest BCUT2D eigenvalue weighted by atomic mass is 9.62. The molecule has 0 aliphatic heterocycles. The van der Waals surface area contributed by atoms with Crippen LogP contribution in [0.5, 0.6) is 0 Å². The van der Waals surface area contributed by atoms with Gasteiger partial charge in [0, 0.05) is 9.75 Å². The molecule has 2 heterocycles. The zero-order valence-corrected chi connectivity index (χ0v) is 17.2. The van der Waals surface area contributed by atoms with Gasteiger partial charge in [0.15, 0.2) is 0 Å². The minimum absolute atomic E-state index is 0.237. The van der Waals surface area contributed by atoms with E-state index >= 15 is 0 Å². The summed E-state index contributed by atoms with van der Waals surface area (Å²) < 4.78 is 11.0. The molecule has 2 aromatic heterocycles. The maximum atomic E-state index is 13.1. The molecule has 0 saturated heterocycles. The molecule has 0 spiro atoms. The Morgan fingerprint density at radius 3 is 1.50 bits per heavy atom. The van der Waals surface area contributed by atoms with Crippen molar-refractivity contribution in [1.82, 2.24) is 0 Å². The first-order valence-electron chi connectivity index (χ1n) is 9.05. The van der Waals surface area contributed by atoms with E-state index in [4.69, 9.17) is 9.47 Å². The van der Waals surface area contributed by atoms with Gasteiger partial charge in [0.2, 0.25) is 0 Å².